The van der Waals surface area contributed by atoms with E-state index >= 15 is 0 Å². The van der Waals surface area contributed by atoms with Crippen molar-refractivity contribution in [2.24, 2.45) is 0 Å². The van der Waals surface area contributed by atoms with Crippen LogP contribution in [0.3, 0.4) is 0 Å². The molecule has 1 aromatic rings. The Bertz CT molecular complexity index is 452. The lowest BCUT2D eigenvalue weighted by Crippen LogP contribution is -2.45. The standard InChI is InChI=1S/C14H21N3O2/c1-5-15-14(19)17-13(18)11(4)16-12-7-9(2)6-10(3)8-12/h6-8,11,16H,5H2,1-4H3,(H2,15,17,18,19). The van der Waals surface area contributed by atoms with Crippen molar-refractivity contribution in [3.8, 4) is 0 Å². The highest BCUT2D eigenvalue weighted by atomic mass is 16.2. The maximum Gasteiger partial charge on any atom is 0.321 e. The molecule has 0 aliphatic rings. The molecule has 0 radical (unpaired) electrons. The average Bonchev–Trinajstić information content (AvgIpc) is 2.27. The van der Waals surface area contributed by atoms with Crippen molar-refractivity contribution < 1.29 is 9.59 Å². The van der Waals surface area contributed by atoms with Gasteiger partial charge in [-0.15, -0.1) is 0 Å². The summed E-state index contributed by atoms with van der Waals surface area (Å²) in [6, 6.07) is 5.03. The smallest absolute Gasteiger partial charge is 0.321 e. The summed E-state index contributed by atoms with van der Waals surface area (Å²) in [6.07, 6.45) is 0. The first-order valence-corrected chi connectivity index (χ1v) is 6.36. The number of amides is 3. The van der Waals surface area contributed by atoms with E-state index < -0.39 is 12.1 Å². The zero-order chi connectivity index (χ0) is 14.4. The molecule has 3 N–H and O–H groups in total. The van der Waals surface area contributed by atoms with Crippen LogP contribution in [0, 0.1) is 13.8 Å². The number of carbonyl (C=O) groups is 2. The fraction of sp³-hybridized carbons (Fsp3) is 0.429. The third kappa shape index (κ3) is 4.99. The van der Waals surface area contributed by atoms with E-state index in [9.17, 15) is 9.59 Å². The van der Waals surface area contributed by atoms with Crippen LogP contribution in [0.5, 0.6) is 0 Å². The summed E-state index contributed by atoms with van der Waals surface area (Å²) in [7, 11) is 0. The number of rotatable bonds is 4. The zero-order valence-electron chi connectivity index (χ0n) is 11.8. The molecule has 1 aromatic carbocycles. The second kappa shape index (κ2) is 6.78. The average molecular weight is 263 g/mol. The number of aryl methyl sites for hydroxylation is 2. The Morgan fingerprint density at radius 2 is 1.74 bits per heavy atom. The molecule has 1 atom stereocenters. The molecule has 19 heavy (non-hydrogen) atoms. The molecular formula is C14H21N3O2. The van der Waals surface area contributed by atoms with Gasteiger partial charge in [-0.1, -0.05) is 6.07 Å². The van der Waals surface area contributed by atoms with Gasteiger partial charge in [0.2, 0.25) is 5.91 Å². The molecule has 5 nitrogen and oxygen atoms in total. The van der Waals surface area contributed by atoms with E-state index in [1.807, 2.05) is 26.0 Å². The second-order valence-corrected chi connectivity index (χ2v) is 4.59. The Kier molecular flexibility index (Phi) is 5.36. The summed E-state index contributed by atoms with van der Waals surface area (Å²) in [4.78, 5) is 23.0. The first-order chi connectivity index (χ1) is 8.92. The van der Waals surface area contributed by atoms with Crippen LogP contribution in [-0.4, -0.2) is 24.5 Å². The van der Waals surface area contributed by atoms with Gasteiger partial charge in [0.05, 0.1) is 0 Å². The van der Waals surface area contributed by atoms with Crippen molar-refractivity contribution in [2.45, 2.75) is 33.7 Å². The minimum Gasteiger partial charge on any atom is -0.374 e. The van der Waals surface area contributed by atoms with Crippen LogP contribution < -0.4 is 16.0 Å². The number of benzene rings is 1. The van der Waals surface area contributed by atoms with Gasteiger partial charge in [0.25, 0.3) is 0 Å². The maximum atomic E-state index is 11.8. The van der Waals surface area contributed by atoms with E-state index in [1.165, 1.54) is 0 Å². The Morgan fingerprint density at radius 1 is 1.16 bits per heavy atom. The summed E-state index contributed by atoms with van der Waals surface area (Å²) in [5.41, 5.74) is 3.12. The Labute approximate surface area is 113 Å². The minimum atomic E-state index is -0.483. The SMILES string of the molecule is CCNC(=O)NC(=O)C(C)Nc1cc(C)cc(C)c1. The van der Waals surface area contributed by atoms with Crippen LogP contribution in [0.1, 0.15) is 25.0 Å². The zero-order valence-corrected chi connectivity index (χ0v) is 11.8. The second-order valence-electron chi connectivity index (χ2n) is 4.59. The van der Waals surface area contributed by atoms with E-state index in [-0.39, 0.29) is 5.91 Å². The molecule has 0 heterocycles. The number of hydrogen-bond acceptors (Lipinski definition) is 3. The fourth-order valence-electron chi connectivity index (χ4n) is 1.80. The summed E-state index contributed by atoms with van der Waals surface area (Å²) >= 11 is 0. The van der Waals surface area contributed by atoms with Crippen LogP contribution in [0.2, 0.25) is 0 Å². The number of anilines is 1. The molecule has 0 saturated heterocycles. The van der Waals surface area contributed by atoms with Gasteiger partial charge >= 0.3 is 6.03 Å². The quantitative estimate of drug-likeness (QED) is 0.777. The first-order valence-electron chi connectivity index (χ1n) is 6.36. The number of nitrogens with one attached hydrogen (secondary N) is 3. The summed E-state index contributed by atoms with van der Waals surface area (Å²) < 4.78 is 0. The number of urea groups is 1. The molecule has 0 fully saturated rings. The van der Waals surface area contributed by atoms with E-state index in [4.69, 9.17) is 0 Å². The normalized spacial score (nSPS) is 11.6. The predicted octanol–water partition coefficient (Wildman–Crippen LogP) is 1.95. The van der Waals surface area contributed by atoms with E-state index in [2.05, 4.69) is 22.0 Å². The van der Waals surface area contributed by atoms with Gasteiger partial charge in [0.1, 0.15) is 6.04 Å². The van der Waals surface area contributed by atoms with E-state index in [0.29, 0.717) is 6.54 Å². The van der Waals surface area contributed by atoms with Crippen molar-refractivity contribution in [1.29, 1.82) is 0 Å². The van der Waals surface area contributed by atoms with Gasteiger partial charge in [0, 0.05) is 12.2 Å². The Hall–Kier alpha value is -2.04. The molecule has 0 aliphatic heterocycles. The van der Waals surface area contributed by atoms with Crippen molar-refractivity contribution in [3.63, 3.8) is 0 Å². The molecule has 3 amide bonds. The van der Waals surface area contributed by atoms with Crippen molar-refractivity contribution >= 4 is 17.6 Å². The van der Waals surface area contributed by atoms with Crippen molar-refractivity contribution in [2.75, 3.05) is 11.9 Å². The molecule has 1 rings (SSSR count). The van der Waals surface area contributed by atoms with Crippen molar-refractivity contribution in [3.05, 3.63) is 29.3 Å². The highest BCUT2D eigenvalue weighted by Crippen LogP contribution is 2.14. The lowest BCUT2D eigenvalue weighted by molar-refractivity contribution is -0.120. The van der Waals surface area contributed by atoms with Crippen LogP contribution in [0.15, 0.2) is 18.2 Å². The molecule has 0 aliphatic carbocycles. The third-order valence-electron chi connectivity index (χ3n) is 2.57. The summed E-state index contributed by atoms with van der Waals surface area (Å²) in [5.74, 6) is -0.356. The fourth-order valence-corrected chi connectivity index (χ4v) is 1.80. The maximum absolute atomic E-state index is 11.8. The number of carbonyl (C=O) groups excluding carboxylic acids is 2. The highest BCUT2D eigenvalue weighted by molar-refractivity contribution is 5.97. The lowest BCUT2D eigenvalue weighted by Gasteiger charge is -2.15. The van der Waals surface area contributed by atoms with Crippen LogP contribution in [0.25, 0.3) is 0 Å². The topological polar surface area (TPSA) is 70.2 Å². The largest absolute Gasteiger partial charge is 0.374 e. The molecule has 104 valence electrons. The highest BCUT2D eigenvalue weighted by Gasteiger charge is 2.15. The summed E-state index contributed by atoms with van der Waals surface area (Å²) in [5, 5.41) is 7.87. The third-order valence-corrected chi connectivity index (χ3v) is 2.57. The van der Waals surface area contributed by atoms with Gasteiger partial charge in [-0.05, 0) is 51.0 Å². The van der Waals surface area contributed by atoms with Crippen molar-refractivity contribution in [1.82, 2.24) is 10.6 Å². The number of imide groups is 1. The van der Waals surface area contributed by atoms with Crippen LogP contribution in [0.4, 0.5) is 10.5 Å². The Morgan fingerprint density at radius 3 is 2.26 bits per heavy atom. The first kappa shape index (κ1) is 15.0. The Balaban J connectivity index is 2.60. The molecule has 0 spiro atoms. The molecule has 5 heteroatoms. The van der Waals surface area contributed by atoms with Crippen LogP contribution in [-0.2, 0) is 4.79 Å². The molecular weight excluding hydrogens is 242 g/mol. The summed E-state index contributed by atoms with van der Waals surface area (Å²) in [6.45, 7) is 7.99. The molecule has 0 aromatic heterocycles. The van der Waals surface area contributed by atoms with Gasteiger partial charge in [-0.25, -0.2) is 4.79 Å². The minimum absolute atomic E-state index is 0.356. The molecule has 0 saturated carbocycles. The van der Waals surface area contributed by atoms with Gasteiger partial charge in [0.15, 0.2) is 0 Å². The van der Waals surface area contributed by atoms with Gasteiger partial charge in [-0.2, -0.15) is 0 Å². The monoisotopic (exact) mass is 263 g/mol. The number of hydrogen-bond donors (Lipinski definition) is 3. The van der Waals surface area contributed by atoms with Gasteiger partial charge < -0.3 is 10.6 Å². The van der Waals surface area contributed by atoms with E-state index in [0.717, 1.165) is 16.8 Å². The van der Waals surface area contributed by atoms with Gasteiger partial charge in [-0.3, -0.25) is 10.1 Å². The molecule has 0 bridgehead atoms. The van der Waals surface area contributed by atoms with Crippen LogP contribution >= 0.6 is 0 Å². The molecule has 1 unspecified atom stereocenters. The van der Waals surface area contributed by atoms with E-state index in [1.54, 1.807) is 13.8 Å². The lowest BCUT2D eigenvalue weighted by atomic mass is 10.1. The predicted molar refractivity (Wildman–Crippen MR) is 76.2 cm³/mol.